The maximum absolute atomic E-state index is 10.9. The van der Waals surface area contributed by atoms with Crippen LogP contribution in [0, 0.1) is 5.92 Å². The van der Waals surface area contributed by atoms with E-state index in [0.29, 0.717) is 5.92 Å². The Kier molecular flexibility index (Phi) is 1.37. The Bertz CT molecular complexity index is 310. The van der Waals surface area contributed by atoms with Gasteiger partial charge in [-0.1, -0.05) is 6.92 Å². The largest absolute Gasteiger partial charge is 0.323 e. The van der Waals surface area contributed by atoms with Crippen molar-refractivity contribution >= 4 is 0 Å². The van der Waals surface area contributed by atoms with E-state index in [4.69, 9.17) is 0 Å². The van der Waals surface area contributed by atoms with Crippen molar-refractivity contribution in [2.45, 2.75) is 26.2 Å². The summed E-state index contributed by atoms with van der Waals surface area (Å²) in [6.07, 6.45) is 3.24. The van der Waals surface area contributed by atoms with E-state index in [1.165, 1.54) is 6.42 Å². The molecule has 0 spiro atoms. The molecule has 0 aliphatic heterocycles. The van der Waals surface area contributed by atoms with Gasteiger partial charge in [-0.25, -0.2) is 4.79 Å². The monoisotopic (exact) mass is 152 g/mol. The van der Waals surface area contributed by atoms with Crippen molar-refractivity contribution in [2.75, 3.05) is 0 Å². The Morgan fingerprint density at radius 3 is 2.91 bits per heavy atom. The van der Waals surface area contributed by atoms with Gasteiger partial charge in [-0.05, 0) is 25.2 Å². The molecule has 0 saturated carbocycles. The van der Waals surface area contributed by atoms with Gasteiger partial charge in [0.15, 0.2) is 0 Å². The van der Waals surface area contributed by atoms with Crippen LogP contribution < -0.4 is 5.69 Å². The lowest BCUT2D eigenvalue weighted by Crippen LogP contribution is -2.10. The van der Waals surface area contributed by atoms with E-state index in [-0.39, 0.29) is 5.69 Å². The number of imidazole rings is 1. The summed E-state index contributed by atoms with van der Waals surface area (Å²) in [4.78, 5) is 16.5. The summed E-state index contributed by atoms with van der Waals surface area (Å²) in [5, 5.41) is 0. The fraction of sp³-hybridized carbons (Fsp3) is 0.625. The standard InChI is InChI=1S/C8H12N2O/c1-5-2-3-6-7(4-5)10-8(11)9-6/h5H,2-4H2,1H3,(H2,9,10,11). The summed E-state index contributed by atoms with van der Waals surface area (Å²) in [7, 11) is 0. The highest BCUT2D eigenvalue weighted by Gasteiger charge is 2.16. The highest BCUT2D eigenvalue weighted by Crippen LogP contribution is 2.20. The molecule has 1 atom stereocenters. The molecule has 0 radical (unpaired) electrons. The van der Waals surface area contributed by atoms with Crippen LogP contribution in [-0.4, -0.2) is 9.97 Å². The van der Waals surface area contributed by atoms with Gasteiger partial charge in [0, 0.05) is 11.4 Å². The number of hydrogen-bond donors (Lipinski definition) is 2. The average Bonchev–Trinajstić information content (AvgIpc) is 2.27. The number of rotatable bonds is 0. The number of H-pyrrole nitrogens is 2. The number of aromatic amines is 2. The van der Waals surface area contributed by atoms with Crippen LogP contribution >= 0.6 is 0 Å². The topological polar surface area (TPSA) is 48.6 Å². The zero-order chi connectivity index (χ0) is 7.84. The Hall–Kier alpha value is -0.990. The molecule has 3 heteroatoms. The van der Waals surface area contributed by atoms with Crippen molar-refractivity contribution in [3.63, 3.8) is 0 Å². The van der Waals surface area contributed by atoms with Gasteiger partial charge >= 0.3 is 5.69 Å². The number of aryl methyl sites for hydroxylation is 1. The lowest BCUT2D eigenvalue weighted by molar-refractivity contribution is 0.492. The predicted octanol–water partition coefficient (Wildman–Crippen LogP) is 0.828. The fourth-order valence-corrected chi connectivity index (χ4v) is 1.69. The lowest BCUT2D eigenvalue weighted by atomic mass is 9.92. The van der Waals surface area contributed by atoms with Crippen LogP contribution in [0.2, 0.25) is 0 Å². The van der Waals surface area contributed by atoms with Crippen molar-refractivity contribution in [3.8, 4) is 0 Å². The highest BCUT2D eigenvalue weighted by molar-refractivity contribution is 5.14. The van der Waals surface area contributed by atoms with Crippen LogP contribution in [0.5, 0.6) is 0 Å². The molecule has 1 aliphatic rings. The summed E-state index contributed by atoms with van der Waals surface area (Å²) >= 11 is 0. The van der Waals surface area contributed by atoms with Crippen molar-refractivity contribution in [3.05, 3.63) is 21.9 Å². The first-order chi connectivity index (χ1) is 5.25. The minimum absolute atomic E-state index is 0.0518. The van der Waals surface area contributed by atoms with Crippen LogP contribution in [0.1, 0.15) is 24.7 Å². The Labute approximate surface area is 64.8 Å². The first-order valence-corrected chi connectivity index (χ1v) is 4.06. The van der Waals surface area contributed by atoms with Gasteiger partial charge in [0.05, 0.1) is 0 Å². The van der Waals surface area contributed by atoms with E-state index in [9.17, 15) is 4.79 Å². The molecule has 2 rings (SSSR count). The summed E-state index contributed by atoms with van der Waals surface area (Å²) < 4.78 is 0. The van der Waals surface area contributed by atoms with E-state index < -0.39 is 0 Å². The molecule has 1 aliphatic carbocycles. The maximum Gasteiger partial charge on any atom is 0.323 e. The normalized spacial score (nSPS) is 23.2. The molecule has 0 amide bonds. The second-order valence-electron chi connectivity index (χ2n) is 3.38. The second kappa shape index (κ2) is 2.26. The number of fused-ring (bicyclic) bond motifs is 1. The molecular weight excluding hydrogens is 140 g/mol. The number of aromatic nitrogens is 2. The smallest absolute Gasteiger partial charge is 0.310 e. The third kappa shape index (κ3) is 1.11. The minimum atomic E-state index is -0.0518. The molecular formula is C8H12N2O. The predicted molar refractivity (Wildman–Crippen MR) is 42.6 cm³/mol. The minimum Gasteiger partial charge on any atom is -0.310 e. The van der Waals surface area contributed by atoms with Gasteiger partial charge in [-0.3, -0.25) is 0 Å². The maximum atomic E-state index is 10.9. The SMILES string of the molecule is CC1CCc2[nH]c(=O)[nH]c2C1. The van der Waals surface area contributed by atoms with Gasteiger partial charge in [-0.15, -0.1) is 0 Å². The molecule has 2 N–H and O–H groups in total. The van der Waals surface area contributed by atoms with Crippen LogP contribution in [0.15, 0.2) is 4.79 Å². The average molecular weight is 152 g/mol. The number of hydrogen-bond acceptors (Lipinski definition) is 1. The molecule has 1 aromatic rings. The van der Waals surface area contributed by atoms with E-state index >= 15 is 0 Å². The summed E-state index contributed by atoms with van der Waals surface area (Å²) in [6, 6.07) is 0. The van der Waals surface area contributed by atoms with Gasteiger partial charge < -0.3 is 9.97 Å². The van der Waals surface area contributed by atoms with Crippen molar-refractivity contribution < 1.29 is 0 Å². The van der Waals surface area contributed by atoms with Gasteiger partial charge in [0.1, 0.15) is 0 Å². The summed E-state index contributed by atoms with van der Waals surface area (Å²) in [5.41, 5.74) is 2.19. The molecule has 0 bridgehead atoms. The quantitative estimate of drug-likeness (QED) is 0.568. The molecule has 60 valence electrons. The van der Waals surface area contributed by atoms with Gasteiger partial charge in [0.25, 0.3) is 0 Å². The second-order valence-corrected chi connectivity index (χ2v) is 3.38. The summed E-state index contributed by atoms with van der Waals surface area (Å²) in [6.45, 7) is 2.22. The van der Waals surface area contributed by atoms with E-state index in [1.807, 2.05) is 0 Å². The van der Waals surface area contributed by atoms with Crippen LogP contribution in [-0.2, 0) is 12.8 Å². The molecule has 1 aromatic heterocycles. The Morgan fingerprint density at radius 1 is 1.36 bits per heavy atom. The first kappa shape index (κ1) is 6.70. The van der Waals surface area contributed by atoms with Crippen molar-refractivity contribution in [1.82, 2.24) is 9.97 Å². The summed E-state index contributed by atoms with van der Waals surface area (Å²) in [5.74, 6) is 0.717. The van der Waals surface area contributed by atoms with E-state index in [2.05, 4.69) is 16.9 Å². The van der Waals surface area contributed by atoms with E-state index in [0.717, 1.165) is 24.2 Å². The third-order valence-electron chi connectivity index (χ3n) is 2.33. The fourth-order valence-electron chi connectivity index (χ4n) is 1.69. The molecule has 0 saturated heterocycles. The number of nitrogens with one attached hydrogen (secondary N) is 2. The van der Waals surface area contributed by atoms with E-state index in [1.54, 1.807) is 0 Å². The zero-order valence-corrected chi connectivity index (χ0v) is 6.61. The molecule has 0 fully saturated rings. The van der Waals surface area contributed by atoms with Crippen molar-refractivity contribution in [1.29, 1.82) is 0 Å². The lowest BCUT2D eigenvalue weighted by Gasteiger charge is -2.16. The Balaban J connectivity index is 2.41. The molecule has 1 heterocycles. The molecule has 1 unspecified atom stereocenters. The van der Waals surface area contributed by atoms with Crippen LogP contribution in [0.4, 0.5) is 0 Å². The van der Waals surface area contributed by atoms with Crippen LogP contribution in [0.3, 0.4) is 0 Å². The van der Waals surface area contributed by atoms with Crippen LogP contribution in [0.25, 0.3) is 0 Å². The molecule has 3 nitrogen and oxygen atoms in total. The third-order valence-corrected chi connectivity index (χ3v) is 2.33. The van der Waals surface area contributed by atoms with Crippen molar-refractivity contribution in [2.24, 2.45) is 5.92 Å². The zero-order valence-electron chi connectivity index (χ0n) is 6.61. The van der Waals surface area contributed by atoms with Gasteiger partial charge in [-0.2, -0.15) is 0 Å². The molecule has 0 aromatic carbocycles. The Morgan fingerprint density at radius 2 is 2.09 bits per heavy atom. The molecule has 11 heavy (non-hydrogen) atoms. The first-order valence-electron chi connectivity index (χ1n) is 4.06. The van der Waals surface area contributed by atoms with Gasteiger partial charge in [0.2, 0.25) is 0 Å². The highest BCUT2D eigenvalue weighted by atomic mass is 16.1.